The third kappa shape index (κ3) is 2.73. The third-order valence-electron chi connectivity index (χ3n) is 2.70. The maximum Gasteiger partial charge on any atom is 0.0521 e. The molecular weight excluding hydrogens is 264 g/mol. The zero-order valence-corrected chi connectivity index (χ0v) is 10.9. The molecule has 1 unspecified atom stereocenters. The topological polar surface area (TPSA) is 17.8 Å². The zero-order chi connectivity index (χ0) is 11.4. The van der Waals surface area contributed by atoms with Crippen molar-refractivity contribution in [1.82, 2.24) is 9.78 Å². The molecule has 0 saturated carbocycles. The summed E-state index contributed by atoms with van der Waals surface area (Å²) in [6.45, 7) is 0. The van der Waals surface area contributed by atoms with Crippen LogP contribution in [-0.4, -0.2) is 15.1 Å². The Bertz CT molecular complexity index is 436. The molecule has 0 aliphatic rings. The molecule has 2 rings (SSSR count). The first-order valence-corrected chi connectivity index (χ1v) is 6.50. The minimum Gasteiger partial charge on any atom is -0.276 e. The molecule has 0 N–H and O–H groups in total. The van der Waals surface area contributed by atoms with Crippen LogP contribution in [0, 0.1) is 0 Å². The molecule has 0 spiro atoms. The van der Waals surface area contributed by atoms with Gasteiger partial charge in [-0.1, -0.05) is 46.3 Å². The van der Waals surface area contributed by atoms with Crippen molar-refractivity contribution < 1.29 is 0 Å². The van der Waals surface area contributed by atoms with Crippen molar-refractivity contribution in [2.45, 2.75) is 12.3 Å². The van der Waals surface area contributed by atoms with Crippen molar-refractivity contribution in [3.63, 3.8) is 0 Å². The van der Waals surface area contributed by atoms with Gasteiger partial charge in [0.25, 0.3) is 0 Å². The lowest BCUT2D eigenvalue weighted by Crippen LogP contribution is -2.03. The quantitative estimate of drug-likeness (QED) is 0.786. The van der Waals surface area contributed by atoms with Gasteiger partial charge in [0.2, 0.25) is 0 Å². The van der Waals surface area contributed by atoms with E-state index in [9.17, 15) is 0 Å². The number of alkyl halides is 1. The maximum absolute atomic E-state index is 4.20. The van der Waals surface area contributed by atoms with Gasteiger partial charge in [-0.3, -0.25) is 4.68 Å². The van der Waals surface area contributed by atoms with E-state index >= 15 is 0 Å². The van der Waals surface area contributed by atoms with Crippen LogP contribution in [0.4, 0.5) is 0 Å². The highest BCUT2D eigenvalue weighted by molar-refractivity contribution is 9.09. The molecule has 16 heavy (non-hydrogen) atoms. The molecule has 2 nitrogen and oxygen atoms in total. The molecule has 0 aliphatic carbocycles. The average Bonchev–Trinajstić information content (AvgIpc) is 2.73. The van der Waals surface area contributed by atoms with Crippen LogP contribution in [0.25, 0.3) is 0 Å². The molecule has 0 fully saturated rings. The number of aromatic nitrogens is 2. The van der Waals surface area contributed by atoms with Crippen molar-refractivity contribution in [3.8, 4) is 0 Å². The largest absolute Gasteiger partial charge is 0.276 e. The van der Waals surface area contributed by atoms with Crippen molar-refractivity contribution in [2.75, 3.05) is 5.33 Å². The molecule has 0 aliphatic heterocycles. The predicted octanol–water partition coefficient (Wildman–Crippen LogP) is 3.14. The molecule has 1 aromatic carbocycles. The monoisotopic (exact) mass is 278 g/mol. The summed E-state index contributed by atoms with van der Waals surface area (Å²) in [6.07, 6.45) is 5.06. The van der Waals surface area contributed by atoms with Crippen LogP contribution in [0.3, 0.4) is 0 Å². The lowest BCUT2D eigenvalue weighted by Gasteiger charge is -2.13. The summed E-state index contributed by atoms with van der Waals surface area (Å²) in [7, 11) is 1.95. The highest BCUT2D eigenvalue weighted by Gasteiger charge is 2.11. The fraction of sp³-hybridized carbons (Fsp3) is 0.308. The van der Waals surface area contributed by atoms with Crippen molar-refractivity contribution in [3.05, 3.63) is 53.9 Å². The van der Waals surface area contributed by atoms with E-state index in [4.69, 9.17) is 0 Å². The summed E-state index contributed by atoms with van der Waals surface area (Å²) >= 11 is 3.59. The normalized spacial score (nSPS) is 12.6. The van der Waals surface area contributed by atoms with E-state index < -0.39 is 0 Å². The second-order valence-electron chi connectivity index (χ2n) is 3.99. The van der Waals surface area contributed by atoms with E-state index in [1.54, 1.807) is 0 Å². The Morgan fingerprint density at radius 1 is 1.31 bits per heavy atom. The number of aryl methyl sites for hydroxylation is 1. The molecule has 2 aromatic rings. The minimum absolute atomic E-state index is 0.519. The Morgan fingerprint density at radius 2 is 2.06 bits per heavy atom. The average molecular weight is 279 g/mol. The van der Waals surface area contributed by atoms with Gasteiger partial charge in [0.15, 0.2) is 0 Å². The molecule has 3 heteroatoms. The summed E-state index contributed by atoms with van der Waals surface area (Å²) in [5, 5.41) is 5.18. The van der Waals surface area contributed by atoms with Gasteiger partial charge in [-0.2, -0.15) is 5.10 Å². The van der Waals surface area contributed by atoms with Crippen molar-refractivity contribution in [1.29, 1.82) is 0 Å². The molecule has 1 heterocycles. The van der Waals surface area contributed by atoms with Crippen LogP contribution < -0.4 is 0 Å². The van der Waals surface area contributed by atoms with Crippen molar-refractivity contribution >= 4 is 15.9 Å². The van der Waals surface area contributed by atoms with Gasteiger partial charge >= 0.3 is 0 Å². The molecule has 84 valence electrons. The summed E-state index contributed by atoms with van der Waals surface area (Å²) in [4.78, 5) is 0. The molecule has 1 atom stereocenters. The first-order valence-electron chi connectivity index (χ1n) is 5.38. The van der Waals surface area contributed by atoms with Gasteiger partial charge in [-0.15, -0.1) is 0 Å². The summed E-state index contributed by atoms with van der Waals surface area (Å²) < 4.78 is 1.85. The standard InChI is InChI=1S/C13H15BrN2/c1-16-10-11(9-15-16)7-13(8-14)12-5-3-2-4-6-12/h2-6,9-10,13H,7-8H2,1H3. The van der Waals surface area contributed by atoms with E-state index in [-0.39, 0.29) is 0 Å². The van der Waals surface area contributed by atoms with Gasteiger partial charge < -0.3 is 0 Å². The Morgan fingerprint density at radius 3 is 2.62 bits per heavy atom. The van der Waals surface area contributed by atoms with E-state index in [0.717, 1.165) is 11.8 Å². The van der Waals surface area contributed by atoms with Crippen LogP contribution in [0.2, 0.25) is 0 Å². The number of benzene rings is 1. The Hall–Kier alpha value is -1.09. The molecule has 0 bridgehead atoms. The number of nitrogens with zero attached hydrogens (tertiary/aromatic N) is 2. The lowest BCUT2D eigenvalue weighted by atomic mass is 9.95. The van der Waals surface area contributed by atoms with E-state index in [1.165, 1.54) is 11.1 Å². The predicted molar refractivity (Wildman–Crippen MR) is 69.9 cm³/mol. The summed E-state index contributed by atoms with van der Waals surface area (Å²) in [5.41, 5.74) is 2.67. The van der Waals surface area contributed by atoms with Crippen LogP contribution in [0.1, 0.15) is 17.0 Å². The molecule has 1 aromatic heterocycles. The Kier molecular flexibility index (Phi) is 3.78. The molecule has 0 amide bonds. The van der Waals surface area contributed by atoms with Crippen LogP contribution in [0.15, 0.2) is 42.7 Å². The third-order valence-corrected chi connectivity index (χ3v) is 3.48. The lowest BCUT2D eigenvalue weighted by molar-refractivity contribution is 0.758. The maximum atomic E-state index is 4.20. The fourth-order valence-corrected chi connectivity index (χ4v) is 2.45. The summed E-state index contributed by atoms with van der Waals surface area (Å²) in [5.74, 6) is 0.519. The number of rotatable bonds is 4. The highest BCUT2D eigenvalue weighted by Crippen LogP contribution is 2.22. The Balaban J connectivity index is 2.12. The molecule has 0 radical (unpaired) electrons. The SMILES string of the molecule is Cn1cc(CC(CBr)c2ccccc2)cn1. The van der Waals surface area contributed by atoms with Crippen molar-refractivity contribution in [2.24, 2.45) is 7.05 Å². The highest BCUT2D eigenvalue weighted by atomic mass is 79.9. The van der Waals surface area contributed by atoms with Gasteiger partial charge in [0, 0.05) is 18.6 Å². The van der Waals surface area contributed by atoms with Crippen LogP contribution >= 0.6 is 15.9 Å². The second kappa shape index (κ2) is 5.30. The second-order valence-corrected chi connectivity index (χ2v) is 4.64. The fourth-order valence-electron chi connectivity index (χ4n) is 1.85. The molecule has 0 saturated heterocycles. The van der Waals surface area contributed by atoms with Crippen LogP contribution in [-0.2, 0) is 13.5 Å². The first-order chi connectivity index (χ1) is 7.79. The zero-order valence-electron chi connectivity index (χ0n) is 9.31. The van der Waals surface area contributed by atoms with Gasteiger partial charge in [0.1, 0.15) is 0 Å². The van der Waals surface area contributed by atoms with Gasteiger partial charge in [-0.05, 0) is 23.5 Å². The van der Waals surface area contributed by atoms with Crippen LogP contribution in [0.5, 0.6) is 0 Å². The first kappa shape index (κ1) is 11.4. The van der Waals surface area contributed by atoms with E-state index in [2.05, 4.69) is 57.6 Å². The number of hydrogen-bond acceptors (Lipinski definition) is 1. The Labute approximate surface area is 104 Å². The van der Waals surface area contributed by atoms with Gasteiger partial charge in [-0.25, -0.2) is 0 Å². The smallest absolute Gasteiger partial charge is 0.0521 e. The molecular formula is C13H15BrN2. The van der Waals surface area contributed by atoms with Gasteiger partial charge in [0.05, 0.1) is 6.20 Å². The minimum atomic E-state index is 0.519. The van der Waals surface area contributed by atoms with E-state index in [1.807, 2.05) is 17.9 Å². The number of halogens is 1. The summed E-state index contributed by atoms with van der Waals surface area (Å²) in [6, 6.07) is 10.6. The van der Waals surface area contributed by atoms with E-state index in [0.29, 0.717) is 5.92 Å². The number of hydrogen-bond donors (Lipinski definition) is 0.